The summed E-state index contributed by atoms with van der Waals surface area (Å²) in [7, 11) is 0. The molecule has 5 nitrogen and oxygen atoms in total. The first-order chi connectivity index (χ1) is 40.8. The summed E-state index contributed by atoms with van der Waals surface area (Å²) < 4.78 is 217. The van der Waals surface area contributed by atoms with E-state index in [1.165, 1.54) is 12.1 Å². The highest BCUT2D eigenvalue weighted by atomic mass is 16.3. The standard InChI is InChI=1S/C60H54N4O/c1-39-29-56(46-15-6-4-7-16-46)62-36-49(39)24-21-42-31-43(22-25-50-37-63-57(30-40(50)2)47-17-8-5-9-18-47)33-44(32-42)23-26-51-38-64-58(34-55(51)45-13-10-11-14-45)54-20-12-19-52-53-28-27-48(35-61)41(3)59(53)65-60(52)54/h4-9,12,15-20,27-34,36-38,45H,10-11,13-14,21-26H2,1-3H3/i1D3,2D3,3D3,21D2,22D2,23D2,24D2,25D2,26D2,27D,45D. The van der Waals surface area contributed by atoms with Gasteiger partial charge in [-0.05, 0) is 164 Å². The molecule has 0 amide bonds. The molecular weight excluding hydrogens is 793 g/mol. The van der Waals surface area contributed by atoms with Crippen molar-refractivity contribution < 1.29 is 35.9 Å². The molecule has 1 aliphatic carbocycles. The first-order valence-electron chi connectivity index (χ1n) is 32.5. The van der Waals surface area contributed by atoms with E-state index in [9.17, 15) is 23.1 Å². The molecule has 5 heteroatoms. The van der Waals surface area contributed by atoms with Crippen molar-refractivity contribution in [3.05, 3.63) is 207 Å². The lowest BCUT2D eigenvalue weighted by molar-refractivity contribution is 0.666. The van der Waals surface area contributed by atoms with Crippen LogP contribution < -0.4 is 0 Å². The van der Waals surface area contributed by atoms with Crippen LogP contribution in [-0.4, -0.2) is 15.0 Å². The molecule has 0 saturated heterocycles. The Morgan fingerprint density at radius 1 is 0.615 bits per heavy atom. The van der Waals surface area contributed by atoms with Crippen LogP contribution in [0.5, 0.6) is 0 Å². The molecule has 0 aliphatic heterocycles. The second-order valence-corrected chi connectivity index (χ2v) is 15.6. The van der Waals surface area contributed by atoms with E-state index in [4.69, 9.17) is 18.1 Å². The predicted molar refractivity (Wildman–Crippen MR) is 265 cm³/mol. The van der Waals surface area contributed by atoms with Crippen LogP contribution in [-0.2, 0) is 38.2 Å². The van der Waals surface area contributed by atoms with E-state index in [2.05, 4.69) is 15.0 Å². The second-order valence-electron chi connectivity index (χ2n) is 15.6. The topological polar surface area (TPSA) is 75.6 Å². The zero-order valence-electron chi connectivity index (χ0n) is 57.8. The summed E-state index contributed by atoms with van der Waals surface area (Å²) in [5, 5.41) is 10.5. The van der Waals surface area contributed by atoms with Crippen LogP contribution in [0, 0.1) is 31.9 Å². The molecule has 9 aromatic rings. The number of hydrogen-bond donors (Lipinski definition) is 0. The zero-order chi connectivity index (χ0) is 64.3. The van der Waals surface area contributed by atoms with E-state index in [1.54, 1.807) is 84.9 Å². The smallest absolute Gasteiger partial charge is 0.144 e. The van der Waals surface area contributed by atoms with E-state index in [1.807, 2.05) is 0 Å². The Bertz CT molecular complexity index is 4090. The van der Waals surface area contributed by atoms with Crippen molar-refractivity contribution in [1.29, 1.82) is 5.26 Å². The van der Waals surface area contributed by atoms with Gasteiger partial charge in [-0.3, -0.25) is 15.0 Å². The number of nitriles is 1. The SMILES string of the molecule is [2H]c1cc2c(oc3c(-c4cc(C5([2H])CCCC5)c(C([2H])([2H])C([2H])([2H])c5cc(C([2H])([2H])C([2H])([2H])c6cnc(-c7ccccc7)cc6C([2H])([2H])[2H])cc(C([2H])([2H])C([2H])([2H])c6cnc(-c7ccccc7)cc6C([2H])([2H])[2H])c5)cn4)cccc32)c(C([2H])([2H])[2H])c1C#N. The van der Waals surface area contributed by atoms with Gasteiger partial charge in [0, 0.05) is 81.8 Å². The van der Waals surface area contributed by atoms with Crippen molar-refractivity contribution in [2.45, 2.75) is 90.4 Å². The van der Waals surface area contributed by atoms with Crippen LogP contribution >= 0.6 is 0 Å². The number of aryl methyl sites for hydroxylation is 9. The summed E-state index contributed by atoms with van der Waals surface area (Å²) in [6.45, 7) is -9.13. The molecule has 0 N–H and O–H groups in total. The van der Waals surface area contributed by atoms with Crippen LogP contribution in [0.15, 0.2) is 150 Å². The maximum absolute atomic E-state index is 9.95. The average Bonchev–Trinajstić information content (AvgIpc) is 1.10. The minimum atomic E-state index is -3.56. The summed E-state index contributed by atoms with van der Waals surface area (Å²) in [6, 6.07) is 29.7. The van der Waals surface area contributed by atoms with Crippen LogP contribution in [0.1, 0.15) is 124 Å². The minimum absolute atomic E-state index is 0.0564. The summed E-state index contributed by atoms with van der Waals surface area (Å²) in [5.74, 6) is -1.63. The number of nitrogens with zero attached hydrogens (tertiary/aromatic N) is 4. The Balaban J connectivity index is 1.18. The summed E-state index contributed by atoms with van der Waals surface area (Å²) >= 11 is 0. The Hall–Kier alpha value is -7.16. The second kappa shape index (κ2) is 18.5. The van der Waals surface area contributed by atoms with Gasteiger partial charge in [0.25, 0.3) is 0 Å². The zero-order valence-corrected chi connectivity index (χ0v) is 34.8. The Labute approximate surface area is 415 Å². The normalized spacial score (nSPS) is 20.5. The highest BCUT2D eigenvalue weighted by Gasteiger charge is 2.23. The maximum Gasteiger partial charge on any atom is 0.144 e. The third-order valence-corrected chi connectivity index (χ3v) is 11.4. The van der Waals surface area contributed by atoms with E-state index in [-0.39, 0.29) is 63.6 Å². The third-order valence-electron chi connectivity index (χ3n) is 11.4. The first kappa shape index (κ1) is 23.2. The van der Waals surface area contributed by atoms with Crippen LogP contribution in [0.4, 0.5) is 0 Å². The van der Waals surface area contributed by atoms with Gasteiger partial charge in [0.1, 0.15) is 11.2 Å². The number of fused-ring (bicyclic) bond motifs is 3. The van der Waals surface area contributed by atoms with E-state index in [0.717, 1.165) is 42.9 Å². The number of rotatable bonds is 13. The lowest BCUT2D eigenvalue weighted by Crippen LogP contribution is -2.05. The Morgan fingerprint density at radius 2 is 1.17 bits per heavy atom. The van der Waals surface area contributed by atoms with Crippen molar-refractivity contribution in [1.82, 2.24) is 15.0 Å². The molecule has 5 aromatic carbocycles. The molecule has 320 valence electrons. The van der Waals surface area contributed by atoms with E-state index >= 15 is 0 Å². The molecule has 0 radical (unpaired) electrons. The number of hydrogen-bond acceptors (Lipinski definition) is 5. The highest BCUT2D eigenvalue weighted by Crippen LogP contribution is 2.41. The van der Waals surface area contributed by atoms with E-state index < -0.39 is 120 Å². The largest absolute Gasteiger partial charge is 0.455 e. The fourth-order valence-corrected chi connectivity index (χ4v) is 8.06. The lowest BCUT2D eigenvalue weighted by Gasteiger charge is -2.18. The monoisotopic (exact) mass is 870 g/mol. The van der Waals surface area contributed by atoms with Crippen molar-refractivity contribution >= 4 is 21.9 Å². The van der Waals surface area contributed by atoms with Gasteiger partial charge in [0.15, 0.2) is 0 Å². The lowest BCUT2D eigenvalue weighted by atomic mass is 9.89. The molecule has 10 rings (SSSR count). The molecule has 0 bridgehead atoms. The fraction of sp³-hybridized carbons (Fsp3) is 0.233. The molecular formula is C60H54N4O. The van der Waals surface area contributed by atoms with E-state index in [0.29, 0.717) is 35.4 Å². The molecule has 65 heavy (non-hydrogen) atoms. The van der Waals surface area contributed by atoms with Crippen molar-refractivity contribution in [3.63, 3.8) is 0 Å². The number of aromatic nitrogens is 3. The van der Waals surface area contributed by atoms with Gasteiger partial charge >= 0.3 is 0 Å². The highest BCUT2D eigenvalue weighted by molar-refractivity contribution is 6.10. The van der Waals surface area contributed by atoms with Gasteiger partial charge in [-0.1, -0.05) is 104 Å². The molecule has 4 aromatic heterocycles. The van der Waals surface area contributed by atoms with Gasteiger partial charge in [-0.25, -0.2) is 0 Å². The molecule has 1 saturated carbocycles. The Kier molecular flexibility index (Phi) is 6.59. The number of furan rings is 1. The molecule has 0 spiro atoms. The minimum Gasteiger partial charge on any atom is -0.455 e. The predicted octanol–water partition coefficient (Wildman–Crippen LogP) is 14.6. The molecule has 1 fully saturated rings. The maximum atomic E-state index is 9.95. The third kappa shape index (κ3) is 8.87. The summed E-state index contributed by atoms with van der Waals surface area (Å²) in [5.41, 5.74) is -5.94. The molecule has 1 aliphatic rings. The van der Waals surface area contributed by atoms with Gasteiger partial charge in [-0.15, -0.1) is 0 Å². The fourth-order valence-electron chi connectivity index (χ4n) is 8.06. The molecule has 4 heterocycles. The Morgan fingerprint density at radius 3 is 1.74 bits per heavy atom. The van der Waals surface area contributed by atoms with Gasteiger partial charge in [0.2, 0.25) is 0 Å². The van der Waals surface area contributed by atoms with Crippen LogP contribution in [0.3, 0.4) is 0 Å². The number of pyridine rings is 3. The van der Waals surface area contributed by atoms with Crippen LogP contribution in [0.25, 0.3) is 55.7 Å². The van der Waals surface area contributed by atoms with Gasteiger partial charge in [-0.2, -0.15) is 5.26 Å². The molecule has 0 atom stereocenters. The molecule has 0 unspecified atom stereocenters. The number of para-hydroxylation sites is 1. The quantitative estimate of drug-likeness (QED) is 0.115. The number of benzene rings is 5. The van der Waals surface area contributed by atoms with Crippen molar-refractivity contribution in [2.24, 2.45) is 0 Å². The first-order valence-corrected chi connectivity index (χ1v) is 21.0. The summed E-state index contributed by atoms with van der Waals surface area (Å²) in [6.07, 6.45) is -17.0. The summed E-state index contributed by atoms with van der Waals surface area (Å²) in [4.78, 5) is 13.3. The van der Waals surface area contributed by atoms with Crippen LogP contribution in [0.2, 0.25) is 0 Å². The van der Waals surface area contributed by atoms with Crippen molar-refractivity contribution in [2.75, 3.05) is 0 Å². The van der Waals surface area contributed by atoms with Gasteiger partial charge < -0.3 is 4.42 Å². The van der Waals surface area contributed by atoms with Crippen molar-refractivity contribution in [3.8, 4) is 39.8 Å². The average molecular weight is 870 g/mol. The van der Waals surface area contributed by atoms with Gasteiger partial charge in [0.05, 0.1) is 30.1 Å².